The fourth-order valence-corrected chi connectivity index (χ4v) is 1.85. The Morgan fingerprint density at radius 3 is 2.53 bits per heavy atom. The van der Waals surface area contributed by atoms with E-state index in [1.165, 1.54) is 0 Å². The summed E-state index contributed by atoms with van der Waals surface area (Å²) >= 11 is 0. The van der Waals surface area contributed by atoms with Crippen LogP contribution in [-0.2, 0) is 0 Å². The van der Waals surface area contributed by atoms with Crippen LogP contribution in [0.4, 0.5) is 0 Å². The smallest absolute Gasteiger partial charge is 0.255 e. The number of benzene rings is 1. The number of phenolic OH excluding ortho intramolecular Hbond substituents is 1. The number of nitrogens with two attached hydrogens (primary N) is 1. The zero-order chi connectivity index (χ0) is 14.0. The molecule has 2 rings (SSSR count). The number of nitrogens with zero attached hydrogens (tertiary/aromatic N) is 2. The summed E-state index contributed by atoms with van der Waals surface area (Å²) in [6.45, 7) is 3.95. The van der Waals surface area contributed by atoms with Crippen molar-refractivity contribution in [2.24, 2.45) is 5.73 Å². The number of hydrogen-bond donors (Lipinski definition) is 3. The second kappa shape index (κ2) is 5.38. The summed E-state index contributed by atoms with van der Waals surface area (Å²) in [7, 11) is 0. The lowest BCUT2D eigenvalue weighted by Gasteiger charge is -2.04. The fraction of sp³-hybridized carbons (Fsp3) is 0.385. The summed E-state index contributed by atoms with van der Waals surface area (Å²) in [5.41, 5.74) is 7.58. The van der Waals surface area contributed by atoms with Gasteiger partial charge in [-0.25, -0.2) is 0 Å². The fourth-order valence-electron chi connectivity index (χ4n) is 1.85. The molecule has 0 bridgehead atoms. The summed E-state index contributed by atoms with van der Waals surface area (Å²) in [6.07, 6.45) is -0.472. The van der Waals surface area contributed by atoms with Gasteiger partial charge in [0.05, 0.1) is 0 Å². The maximum Gasteiger partial charge on any atom is 0.255 e. The van der Waals surface area contributed by atoms with Gasteiger partial charge in [-0.2, -0.15) is 4.98 Å². The standard InChI is InChI=1S/C13H17N3O3/c1-7-5-9(6-8(2)11(7)18)12-15-13(19-16-12)10(17)3-4-14/h5-6,10,17-18H,3-4,14H2,1-2H3. The molecule has 0 spiro atoms. The van der Waals surface area contributed by atoms with E-state index >= 15 is 0 Å². The van der Waals surface area contributed by atoms with Gasteiger partial charge in [0.2, 0.25) is 5.82 Å². The highest BCUT2D eigenvalue weighted by Crippen LogP contribution is 2.28. The molecule has 0 aliphatic rings. The van der Waals surface area contributed by atoms with Gasteiger partial charge in [-0.1, -0.05) is 5.16 Å². The van der Waals surface area contributed by atoms with Crippen LogP contribution in [0.3, 0.4) is 0 Å². The Labute approximate surface area is 110 Å². The molecule has 0 aliphatic heterocycles. The number of aliphatic hydroxyl groups is 1. The summed E-state index contributed by atoms with van der Waals surface area (Å²) in [6, 6.07) is 3.54. The molecule has 1 unspecified atom stereocenters. The molecule has 0 radical (unpaired) electrons. The molecule has 0 saturated heterocycles. The van der Waals surface area contributed by atoms with Gasteiger partial charge in [-0.05, 0) is 50.1 Å². The number of rotatable bonds is 4. The van der Waals surface area contributed by atoms with Crippen LogP contribution in [0.2, 0.25) is 0 Å². The van der Waals surface area contributed by atoms with Gasteiger partial charge in [0.1, 0.15) is 11.9 Å². The lowest BCUT2D eigenvalue weighted by molar-refractivity contribution is 0.127. The van der Waals surface area contributed by atoms with Crippen LogP contribution < -0.4 is 5.73 Å². The van der Waals surface area contributed by atoms with Gasteiger partial charge in [-0.3, -0.25) is 0 Å². The zero-order valence-electron chi connectivity index (χ0n) is 10.9. The first-order valence-electron chi connectivity index (χ1n) is 6.05. The predicted octanol–water partition coefficient (Wildman–Crippen LogP) is 1.44. The van der Waals surface area contributed by atoms with E-state index in [1.54, 1.807) is 26.0 Å². The summed E-state index contributed by atoms with van der Waals surface area (Å²) in [4.78, 5) is 4.15. The molecular formula is C13H17N3O3. The molecule has 19 heavy (non-hydrogen) atoms. The average Bonchev–Trinajstić information content (AvgIpc) is 2.85. The average molecular weight is 263 g/mol. The van der Waals surface area contributed by atoms with Crippen molar-refractivity contribution in [1.82, 2.24) is 10.1 Å². The topological polar surface area (TPSA) is 105 Å². The number of aromatic nitrogens is 2. The first kappa shape index (κ1) is 13.5. The third-order valence-corrected chi connectivity index (χ3v) is 2.92. The molecule has 1 heterocycles. The van der Waals surface area contributed by atoms with Crippen LogP contribution in [0.25, 0.3) is 11.4 Å². The third-order valence-electron chi connectivity index (χ3n) is 2.92. The Bertz CT molecular complexity index is 557. The van der Waals surface area contributed by atoms with Gasteiger partial charge in [0.25, 0.3) is 5.89 Å². The minimum absolute atomic E-state index is 0.156. The highest BCUT2D eigenvalue weighted by Gasteiger charge is 2.17. The molecule has 6 heteroatoms. The van der Waals surface area contributed by atoms with Crippen molar-refractivity contribution >= 4 is 0 Å². The van der Waals surface area contributed by atoms with E-state index in [9.17, 15) is 10.2 Å². The SMILES string of the molecule is Cc1cc(-c2noc(C(O)CCN)n2)cc(C)c1O. The molecule has 0 aliphatic carbocycles. The van der Waals surface area contributed by atoms with Gasteiger partial charge in [0, 0.05) is 5.56 Å². The number of aryl methyl sites for hydroxylation is 2. The quantitative estimate of drug-likeness (QED) is 0.770. The minimum atomic E-state index is -0.842. The number of hydrogen-bond acceptors (Lipinski definition) is 6. The molecule has 0 saturated carbocycles. The van der Waals surface area contributed by atoms with Crippen LogP contribution in [0.1, 0.15) is 29.5 Å². The predicted molar refractivity (Wildman–Crippen MR) is 69.5 cm³/mol. The van der Waals surface area contributed by atoms with Crippen molar-refractivity contribution in [3.8, 4) is 17.1 Å². The van der Waals surface area contributed by atoms with E-state index < -0.39 is 6.10 Å². The van der Waals surface area contributed by atoms with Gasteiger partial charge in [0.15, 0.2) is 0 Å². The third kappa shape index (κ3) is 2.74. The molecule has 1 atom stereocenters. The highest BCUT2D eigenvalue weighted by molar-refractivity contribution is 5.60. The van der Waals surface area contributed by atoms with Gasteiger partial charge >= 0.3 is 0 Å². The summed E-state index contributed by atoms with van der Waals surface area (Å²) in [5.74, 6) is 0.803. The Balaban J connectivity index is 2.33. The van der Waals surface area contributed by atoms with Crippen molar-refractivity contribution in [2.75, 3.05) is 6.54 Å². The first-order chi connectivity index (χ1) is 9.02. The van der Waals surface area contributed by atoms with Gasteiger partial charge in [-0.15, -0.1) is 0 Å². The molecule has 6 nitrogen and oxygen atoms in total. The maximum absolute atomic E-state index is 9.72. The number of phenols is 1. The van der Waals surface area contributed by atoms with E-state index in [0.717, 1.165) is 16.7 Å². The van der Waals surface area contributed by atoms with E-state index in [2.05, 4.69) is 10.1 Å². The summed E-state index contributed by atoms with van der Waals surface area (Å²) in [5, 5.41) is 23.3. The lowest BCUT2D eigenvalue weighted by atomic mass is 10.1. The van der Waals surface area contributed by atoms with E-state index in [0.29, 0.717) is 18.8 Å². The van der Waals surface area contributed by atoms with Crippen LogP contribution in [-0.4, -0.2) is 26.9 Å². The number of aliphatic hydroxyl groups excluding tert-OH is 1. The van der Waals surface area contributed by atoms with Crippen molar-refractivity contribution in [2.45, 2.75) is 26.4 Å². The molecule has 0 amide bonds. The summed E-state index contributed by atoms with van der Waals surface area (Å²) < 4.78 is 5.01. The molecular weight excluding hydrogens is 246 g/mol. The van der Waals surface area contributed by atoms with Crippen LogP contribution in [0, 0.1) is 13.8 Å². The van der Waals surface area contributed by atoms with Crippen LogP contribution >= 0.6 is 0 Å². The Kier molecular flexibility index (Phi) is 3.82. The molecule has 0 fully saturated rings. The Hall–Kier alpha value is -1.92. The molecule has 1 aromatic carbocycles. The largest absolute Gasteiger partial charge is 0.507 e. The molecule has 2 aromatic rings. The first-order valence-corrected chi connectivity index (χ1v) is 6.05. The second-order valence-electron chi connectivity index (χ2n) is 4.51. The molecule has 1 aromatic heterocycles. The number of aromatic hydroxyl groups is 1. The monoisotopic (exact) mass is 263 g/mol. The molecule has 102 valence electrons. The Morgan fingerprint density at radius 2 is 1.95 bits per heavy atom. The van der Waals surface area contributed by atoms with Crippen molar-refractivity contribution in [3.05, 3.63) is 29.2 Å². The minimum Gasteiger partial charge on any atom is -0.507 e. The van der Waals surface area contributed by atoms with Crippen molar-refractivity contribution < 1.29 is 14.7 Å². The van der Waals surface area contributed by atoms with Crippen LogP contribution in [0.15, 0.2) is 16.7 Å². The van der Waals surface area contributed by atoms with Crippen LogP contribution in [0.5, 0.6) is 5.75 Å². The normalized spacial score (nSPS) is 12.6. The maximum atomic E-state index is 9.72. The van der Waals surface area contributed by atoms with Gasteiger partial charge < -0.3 is 20.5 Å². The van der Waals surface area contributed by atoms with Crippen molar-refractivity contribution in [1.29, 1.82) is 0 Å². The van der Waals surface area contributed by atoms with E-state index in [-0.39, 0.29) is 11.6 Å². The van der Waals surface area contributed by atoms with E-state index in [4.69, 9.17) is 10.3 Å². The van der Waals surface area contributed by atoms with E-state index in [1.807, 2.05) is 0 Å². The highest BCUT2D eigenvalue weighted by atomic mass is 16.5. The Morgan fingerprint density at radius 1 is 1.32 bits per heavy atom. The second-order valence-corrected chi connectivity index (χ2v) is 4.51. The van der Waals surface area contributed by atoms with Crippen molar-refractivity contribution in [3.63, 3.8) is 0 Å². The zero-order valence-corrected chi connectivity index (χ0v) is 10.9. The molecule has 4 N–H and O–H groups in total. The lowest BCUT2D eigenvalue weighted by Crippen LogP contribution is -2.06.